The van der Waals surface area contributed by atoms with Crippen LogP contribution in [-0.2, 0) is 6.18 Å². The molecule has 0 saturated heterocycles. The monoisotopic (exact) mass is 369 g/mol. The Kier molecular flexibility index (Phi) is 4.83. The number of amides is 2. The largest absolute Gasteiger partial charge is 0.433 e. The van der Waals surface area contributed by atoms with Gasteiger partial charge in [0.15, 0.2) is 5.69 Å². The van der Waals surface area contributed by atoms with Crippen molar-refractivity contribution in [3.8, 4) is 0 Å². The number of benzene rings is 1. The topological polar surface area (TPSA) is 115 Å². The lowest BCUT2D eigenvalue weighted by atomic mass is 10.1. The molecule has 26 heavy (non-hydrogen) atoms. The Morgan fingerprint density at radius 3 is 2.35 bits per heavy atom. The lowest BCUT2D eigenvalue weighted by Gasteiger charge is -2.22. The number of nitro groups is 1. The van der Waals surface area contributed by atoms with Crippen molar-refractivity contribution in [2.75, 3.05) is 4.90 Å². The number of halogens is 3. The fourth-order valence-corrected chi connectivity index (χ4v) is 2.38. The maximum atomic E-state index is 13.2. The molecule has 0 aliphatic heterocycles. The van der Waals surface area contributed by atoms with Crippen LogP contribution in [0.1, 0.15) is 22.5 Å². The summed E-state index contributed by atoms with van der Waals surface area (Å²) in [6, 6.07) is 2.67. The number of aromatic nitrogens is 2. The first kappa shape index (κ1) is 19.1. The highest BCUT2D eigenvalue weighted by Gasteiger charge is 2.37. The van der Waals surface area contributed by atoms with Crippen molar-refractivity contribution in [3.05, 3.63) is 50.8 Å². The molecule has 1 aromatic carbocycles. The highest BCUT2D eigenvalue weighted by Crippen LogP contribution is 2.37. The van der Waals surface area contributed by atoms with Gasteiger partial charge in [-0.15, -0.1) is 0 Å². The maximum absolute atomic E-state index is 13.2. The van der Waals surface area contributed by atoms with Gasteiger partial charge in [-0.2, -0.15) is 13.2 Å². The van der Waals surface area contributed by atoms with Crippen LogP contribution in [0.2, 0.25) is 0 Å². The van der Waals surface area contributed by atoms with Gasteiger partial charge >= 0.3 is 12.2 Å². The molecule has 0 bridgehead atoms. The zero-order valence-corrected chi connectivity index (χ0v) is 14.0. The van der Waals surface area contributed by atoms with Crippen LogP contribution in [0.3, 0.4) is 0 Å². The molecule has 11 heteroatoms. The lowest BCUT2D eigenvalue weighted by molar-refractivity contribution is -0.384. The number of carbonyl (C=O) groups is 1. The second-order valence-electron chi connectivity index (χ2n) is 5.45. The number of rotatable bonds is 3. The van der Waals surface area contributed by atoms with Crippen molar-refractivity contribution < 1.29 is 22.9 Å². The van der Waals surface area contributed by atoms with E-state index in [-0.39, 0.29) is 22.5 Å². The average molecular weight is 369 g/mol. The number of primary amides is 1. The Morgan fingerprint density at radius 2 is 1.85 bits per heavy atom. The van der Waals surface area contributed by atoms with E-state index in [1.807, 2.05) is 0 Å². The van der Waals surface area contributed by atoms with Crippen LogP contribution in [0, 0.1) is 30.9 Å². The molecular weight excluding hydrogens is 355 g/mol. The van der Waals surface area contributed by atoms with Crippen LogP contribution < -0.4 is 10.6 Å². The first-order chi connectivity index (χ1) is 11.9. The van der Waals surface area contributed by atoms with Gasteiger partial charge < -0.3 is 5.73 Å². The van der Waals surface area contributed by atoms with Crippen molar-refractivity contribution in [3.63, 3.8) is 0 Å². The Balaban J connectivity index is 2.82. The van der Waals surface area contributed by atoms with Crippen LogP contribution in [0.25, 0.3) is 0 Å². The predicted octanol–water partition coefficient (Wildman–Crippen LogP) is 3.55. The van der Waals surface area contributed by atoms with Gasteiger partial charge in [0.1, 0.15) is 5.69 Å². The van der Waals surface area contributed by atoms with E-state index in [0.717, 1.165) is 6.07 Å². The van der Waals surface area contributed by atoms with Crippen LogP contribution >= 0.6 is 0 Å². The zero-order chi connectivity index (χ0) is 19.8. The average Bonchev–Trinajstić information content (AvgIpc) is 2.50. The third kappa shape index (κ3) is 3.41. The molecule has 0 aliphatic carbocycles. The molecule has 0 spiro atoms. The molecule has 0 unspecified atom stereocenters. The Bertz CT molecular complexity index is 899. The second-order valence-corrected chi connectivity index (χ2v) is 5.45. The first-order valence-electron chi connectivity index (χ1n) is 7.21. The van der Waals surface area contributed by atoms with E-state index in [4.69, 9.17) is 5.73 Å². The normalized spacial score (nSPS) is 11.3. The van der Waals surface area contributed by atoms with E-state index in [2.05, 4.69) is 9.97 Å². The number of urea groups is 1. The summed E-state index contributed by atoms with van der Waals surface area (Å²) in [5.41, 5.74) is 3.23. The van der Waals surface area contributed by atoms with E-state index < -0.39 is 34.5 Å². The molecule has 1 heterocycles. The fraction of sp³-hybridized carbons (Fsp3) is 0.267. The van der Waals surface area contributed by atoms with Gasteiger partial charge in [-0.3, -0.25) is 10.1 Å². The molecule has 0 fully saturated rings. The van der Waals surface area contributed by atoms with Gasteiger partial charge in [0, 0.05) is 17.3 Å². The van der Waals surface area contributed by atoms with Crippen LogP contribution in [0.15, 0.2) is 18.2 Å². The number of nitrogens with two attached hydrogens (primary N) is 1. The molecule has 1 aromatic heterocycles. The molecule has 0 atom stereocenters. The number of hydrogen-bond acceptors (Lipinski definition) is 5. The lowest BCUT2D eigenvalue weighted by Crippen LogP contribution is -2.34. The number of carbonyl (C=O) groups excluding carboxylic acids is 1. The quantitative estimate of drug-likeness (QED) is 0.656. The number of alkyl halides is 3. The van der Waals surface area contributed by atoms with Crippen LogP contribution in [-0.4, -0.2) is 20.9 Å². The third-order valence-electron chi connectivity index (χ3n) is 3.70. The molecule has 2 aromatic rings. The van der Waals surface area contributed by atoms with E-state index >= 15 is 0 Å². The first-order valence-corrected chi connectivity index (χ1v) is 7.21. The standard InChI is InChI=1S/C15H14F3N5O3/c1-7-5-4-6-10(23(25)26)11(7)22(13(19)24)14-20-9(3)8(2)12(21-14)15(16,17)18/h4-6H,1-3H3,(H2,19,24). The Hall–Kier alpha value is -3.24. The summed E-state index contributed by atoms with van der Waals surface area (Å²) in [4.78, 5) is 30.3. The van der Waals surface area contributed by atoms with Crippen molar-refractivity contribution in [1.82, 2.24) is 9.97 Å². The molecule has 2 N–H and O–H groups in total. The summed E-state index contributed by atoms with van der Waals surface area (Å²) in [6.45, 7) is 3.94. The number of para-hydroxylation sites is 1. The molecule has 0 aliphatic rings. The number of anilines is 2. The molecule has 8 nitrogen and oxygen atoms in total. The molecule has 138 valence electrons. The van der Waals surface area contributed by atoms with Gasteiger partial charge in [0.2, 0.25) is 5.95 Å². The Labute approximate surface area is 145 Å². The molecular formula is C15H14F3N5O3. The summed E-state index contributed by atoms with van der Waals surface area (Å²) in [5.74, 6) is -0.690. The predicted molar refractivity (Wildman–Crippen MR) is 86.1 cm³/mol. The van der Waals surface area contributed by atoms with E-state index in [1.54, 1.807) is 0 Å². The minimum atomic E-state index is -4.80. The number of hydrogen-bond donors (Lipinski definition) is 1. The molecule has 0 radical (unpaired) electrons. The van der Waals surface area contributed by atoms with Gasteiger partial charge in [-0.25, -0.2) is 19.7 Å². The van der Waals surface area contributed by atoms with E-state index in [9.17, 15) is 28.1 Å². The number of aryl methyl sites for hydroxylation is 2. The summed E-state index contributed by atoms with van der Waals surface area (Å²) in [7, 11) is 0. The fourth-order valence-electron chi connectivity index (χ4n) is 2.38. The SMILES string of the molecule is Cc1cccc([N+](=O)[O-])c1N(C(N)=O)c1nc(C)c(C)c(C(F)(F)F)n1. The van der Waals surface area contributed by atoms with Gasteiger partial charge in [0.05, 0.1) is 4.92 Å². The van der Waals surface area contributed by atoms with Gasteiger partial charge in [0.25, 0.3) is 5.69 Å². The van der Waals surface area contributed by atoms with Crippen LogP contribution in [0.5, 0.6) is 0 Å². The summed E-state index contributed by atoms with van der Waals surface area (Å²) < 4.78 is 39.7. The van der Waals surface area contributed by atoms with Crippen molar-refractivity contribution in [1.29, 1.82) is 0 Å². The smallest absolute Gasteiger partial charge is 0.351 e. The third-order valence-corrected chi connectivity index (χ3v) is 3.70. The second kappa shape index (κ2) is 6.58. The van der Waals surface area contributed by atoms with Gasteiger partial charge in [-0.05, 0) is 26.3 Å². The minimum absolute atomic E-state index is 0.0372. The van der Waals surface area contributed by atoms with Gasteiger partial charge in [-0.1, -0.05) is 12.1 Å². The molecule has 2 amide bonds. The number of nitrogens with zero attached hydrogens (tertiary/aromatic N) is 4. The summed E-state index contributed by atoms with van der Waals surface area (Å²) in [6.07, 6.45) is -4.80. The Morgan fingerprint density at radius 1 is 1.23 bits per heavy atom. The maximum Gasteiger partial charge on any atom is 0.433 e. The summed E-state index contributed by atoms with van der Waals surface area (Å²) in [5, 5.41) is 11.3. The highest BCUT2D eigenvalue weighted by atomic mass is 19.4. The number of nitro benzene ring substituents is 1. The van der Waals surface area contributed by atoms with E-state index in [0.29, 0.717) is 4.90 Å². The van der Waals surface area contributed by atoms with E-state index in [1.165, 1.54) is 32.9 Å². The van der Waals surface area contributed by atoms with Crippen molar-refractivity contribution >= 4 is 23.4 Å². The highest BCUT2D eigenvalue weighted by molar-refractivity contribution is 5.99. The van der Waals surface area contributed by atoms with Crippen molar-refractivity contribution in [2.24, 2.45) is 5.73 Å². The molecule has 0 saturated carbocycles. The van der Waals surface area contributed by atoms with Crippen molar-refractivity contribution in [2.45, 2.75) is 26.9 Å². The minimum Gasteiger partial charge on any atom is -0.351 e. The zero-order valence-electron chi connectivity index (χ0n) is 14.0. The summed E-state index contributed by atoms with van der Waals surface area (Å²) >= 11 is 0. The molecule has 2 rings (SSSR count). The van der Waals surface area contributed by atoms with Crippen LogP contribution in [0.4, 0.5) is 35.3 Å².